The molecule has 2 N–H and O–H groups in total. The van der Waals surface area contributed by atoms with Crippen molar-refractivity contribution in [1.29, 1.82) is 5.26 Å². The lowest BCUT2D eigenvalue weighted by atomic mass is 10.1. The average molecular weight is 273 g/mol. The van der Waals surface area contributed by atoms with Gasteiger partial charge in [0.1, 0.15) is 11.6 Å². The van der Waals surface area contributed by atoms with Gasteiger partial charge >= 0.3 is 0 Å². The van der Waals surface area contributed by atoms with E-state index >= 15 is 0 Å². The highest BCUT2D eigenvalue weighted by atomic mass is 16.5. The zero-order chi connectivity index (χ0) is 15.0. The summed E-state index contributed by atoms with van der Waals surface area (Å²) in [7, 11) is 1.55. The number of hydrogen-bond donors (Lipinski definition) is 2. The van der Waals surface area contributed by atoms with Crippen molar-refractivity contribution < 1.29 is 9.53 Å². The molecule has 1 aromatic carbocycles. The standard InChI is InChI=1S/C15H19N3O2/c1-11-6-12(2)8-14(7-11)18-10-13(9-16)15(19)17-4-5-20-3/h6-8,10,18H,4-5H2,1-3H3,(H,17,19)/b13-10-. The van der Waals surface area contributed by atoms with Gasteiger partial charge in [-0.05, 0) is 37.1 Å². The van der Waals surface area contributed by atoms with Gasteiger partial charge in [-0.3, -0.25) is 4.79 Å². The summed E-state index contributed by atoms with van der Waals surface area (Å²) in [6.07, 6.45) is 1.41. The van der Waals surface area contributed by atoms with Crippen LogP contribution in [0.3, 0.4) is 0 Å². The van der Waals surface area contributed by atoms with Gasteiger partial charge in [-0.15, -0.1) is 0 Å². The topological polar surface area (TPSA) is 74.1 Å². The van der Waals surface area contributed by atoms with Crippen molar-refractivity contribution >= 4 is 11.6 Å². The Morgan fingerprint density at radius 2 is 2.00 bits per heavy atom. The Labute approximate surface area is 119 Å². The fourth-order valence-corrected chi connectivity index (χ4v) is 1.72. The van der Waals surface area contributed by atoms with Crippen molar-refractivity contribution in [3.8, 4) is 6.07 Å². The highest BCUT2D eigenvalue weighted by Crippen LogP contribution is 2.14. The first-order valence-corrected chi connectivity index (χ1v) is 6.29. The van der Waals surface area contributed by atoms with Crippen LogP contribution in [0.15, 0.2) is 30.0 Å². The number of methoxy groups -OCH3 is 1. The molecule has 0 heterocycles. The Kier molecular flexibility index (Phi) is 6.27. The maximum Gasteiger partial charge on any atom is 0.263 e. The molecular formula is C15H19N3O2. The van der Waals surface area contributed by atoms with Crippen molar-refractivity contribution in [3.63, 3.8) is 0 Å². The number of anilines is 1. The molecule has 20 heavy (non-hydrogen) atoms. The summed E-state index contributed by atoms with van der Waals surface area (Å²) in [4.78, 5) is 11.7. The largest absolute Gasteiger partial charge is 0.383 e. The molecule has 0 bridgehead atoms. The molecule has 0 spiro atoms. The van der Waals surface area contributed by atoms with E-state index in [1.807, 2.05) is 32.0 Å². The lowest BCUT2D eigenvalue weighted by Crippen LogP contribution is -2.28. The third-order valence-electron chi connectivity index (χ3n) is 2.56. The zero-order valence-corrected chi connectivity index (χ0v) is 12.0. The highest BCUT2D eigenvalue weighted by Gasteiger charge is 2.07. The van der Waals surface area contributed by atoms with E-state index in [0.29, 0.717) is 13.2 Å². The lowest BCUT2D eigenvalue weighted by Gasteiger charge is -2.06. The molecule has 0 saturated carbocycles. The van der Waals surface area contributed by atoms with Crippen LogP contribution in [-0.2, 0) is 9.53 Å². The predicted molar refractivity (Wildman–Crippen MR) is 78.1 cm³/mol. The minimum absolute atomic E-state index is 0.0280. The third-order valence-corrected chi connectivity index (χ3v) is 2.56. The van der Waals surface area contributed by atoms with Crippen LogP contribution in [0.2, 0.25) is 0 Å². The van der Waals surface area contributed by atoms with Gasteiger partial charge in [0, 0.05) is 25.5 Å². The summed E-state index contributed by atoms with van der Waals surface area (Å²) in [5.41, 5.74) is 3.10. The van der Waals surface area contributed by atoms with Gasteiger partial charge in [0.05, 0.1) is 6.61 Å². The predicted octanol–water partition coefficient (Wildman–Crippen LogP) is 1.89. The van der Waals surface area contributed by atoms with Crippen LogP contribution in [0.1, 0.15) is 11.1 Å². The first kappa shape index (κ1) is 15.7. The number of carbonyl (C=O) groups excluding carboxylic acids is 1. The van der Waals surface area contributed by atoms with Crippen LogP contribution in [0.4, 0.5) is 5.69 Å². The summed E-state index contributed by atoms with van der Waals surface area (Å²) < 4.78 is 4.83. The second-order valence-corrected chi connectivity index (χ2v) is 4.44. The second-order valence-electron chi connectivity index (χ2n) is 4.44. The molecule has 0 aliphatic carbocycles. The van der Waals surface area contributed by atoms with Crippen molar-refractivity contribution in [1.82, 2.24) is 5.32 Å². The number of ether oxygens (including phenoxy) is 1. The van der Waals surface area contributed by atoms with Gasteiger partial charge in [-0.2, -0.15) is 5.26 Å². The monoisotopic (exact) mass is 273 g/mol. The van der Waals surface area contributed by atoms with E-state index in [-0.39, 0.29) is 5.57 Å². The smallest absolute Gasteiger partial charge is 0.263 e. The molecule has 5 heteroatoms. The number of nitriles is 1. The molecule has 106 valence electrons. The van der Waals surface area contributed by atoms with Gasteiger partial charge in [0.25, 0.3) is 5.91 Å². The molecular weight excluding hydrogens is 254 g/mol. The first-order chi connectivity index (χ1) is 9.56. The number of nitrogens with one attached hydrogen (secondary N) is 2. The number of nitrogens with zero attached hydrogens (tertiary/aromatic N) is 1. The highest BCUT2D eigenvalue weighted by molar-refractivity contribution is 5.97. The fraction of sp³-hybridized carbons (Fsp3) is 0.333. The Bertz CT molecular complexity index is 524. The number of aryl methyl sites for hydroxylation is 2. The Balaban J connectivity index is 2.70. The summed E-state index contributed by atoms with van der Waals surface area (Å²) in [5, 5.41) is 14.6. The molecule has 0 aliphatic heterocycles. The molecule has 0 saturated heterocycles. The van der Waals surface area contributed by atoms with Crippen molar-refractivity contribution in [3.05, 3.63) is 41.1 Å². The quantitative estimate of drug-likeness (QED) is 0.471. The zero-order valence-electron chi connectivity index (χ0n) is 12.0. The molecule has 0 fully saturated rings. The number of amides is 1. The molecule has 0 aromatic heterocycles. The van der Waals surface area contributed by atoms with Crippen LogP contribution in [0.25, 0.3) is 0 Å². The second kappa shape index (κ2) is 7.97. The summed E-state index contributed by atoms with van der Waals surface area (Å²) >= 11 is 0. The minimum atomic E-state index is -0.415. The first-order valence-electron chi connectivity index (χ1n) is 6.29. The van der Waals surface area contributed by atoms with Crippen LogP contribution < -0.4 is 10.6 Å². The molecule has 0 atom stereocenters. The molecule has 0 unspecified atom stereocenters. The van der Waals surface area contributed by atoms with Gasteiger partial charge in [-0.25, -0.2) is 0 Å². The molecule has 1 amide bonds. The van der Waals surface area contributed by atoms with Gasteiger partial charge < -0.3 is 15.4 Å². The fourth-order valence-electron chi connectivity index (χ4n) is 1.72. The summed E-state index contributed by atoms with van der Waals surface area (Å²) in [5.74, 6) is -0.415. The third kappa shape index (κ3) is 5.12. The number of hydrogen-bond acceptors (Lipinski definition) is 4. The van der Waals surface area contributed by atoms with Gasteiger partial charge in [-0.1, -0.05) is 6.07 Å². The van der Waals surface area contributed by atoms with Gasteiger partial charge in [0.2, 0.25) is 0 Å². The van der Waals surface area contributed by atoms with E-state index < -0.39 is 5.91 Å². The van der Waals surface area contributed by atoms with Crippen LogP contribution in [0, 0.1) is 25.2 Å². The van der Waals surface area contributed by atoms with Gasteiger partial charge in [0.15, 0.2) is 0 Å². The molecule has 0 aliphatic rings. The lowest BCUT2D eigenvalue weighted by molar-refractivity contribution is -0.117. The van der Waals surface area contributed by atoms with Crippen LogP contribution in [0.5, 0.6) is 0 Å². The number of benzene rings is 1. The van der Waals surface area contributed by atoms with E-state index in [9.17, 15) is 4.79 Å². The molecule has 1 aromatic rings. The summed E-state index contributed by atoms with van der Waals surface area (Å²) in [6.45, 7) is 4.77. The van der Waals surface area contributed by atoms with Crippen molar-refractivity contribution in [2.45, 2.75) is 13.8 Å². The maximum atomic E-state index is 11.7. The minimum Gasteiger partial charge on any atom is -0.383 e. The number of carbonyl (C=O) groups is 1. The van der Waals surface area contributed by atoms with E-state index in [1.54, 1.807) is 7.11 Å². The van der Waals surface area contributed by atoms with Crippen LogP contribution in [-0.4, -0.2) is 26.2 Å². The van der Waals surface area contributed by atoms with Crippen LogP contribution >= 0.6 is 0 Å². The van der Waals surface area contributed by atoms with E-state index in [4.69, 9.17) is 10.00 Å². The molecule has 5 nitrogen and oxygen atoms in total. The van der Waals surface area contributed by atoms with Crippen molar-refractivity contribution in [2.75, 3.05) is 25.6 Å². The Morgan fingerprint density at radius 1 is 1.35 bits per heavy atom. The Morgan fingerprint density at radius 3 is 2.55 bits per heavy atom. The van der Waals surface area contributed by atoms with E-state index in [1.165, 1.54) is 6.20 Å². The SMILES string of the molecule is COCCNC(=O)/C(C#N)=C\Nc1cc(C)cc(C)c1. The normalized spacial score (nSPS) is 10.8. The molecule has 1 rings (SSSR count). The van der Waals surface area contributed by atoms with Crippen molar-refractivity contribution in [2.24, 2.45) is 0 Å². The maximum absolute atomic E-state index is 11.7. The van der Waals surface area contributed by atoms with E-state index in [2.05, 4.69) is 16.7 Å². The Hall–Kier alpha value is -2.32. The molecule has 0 radical (unpaired) electrons. The number of rotatable bonds is 6. The van der Waals surface area contributed by atoms with E-state index in [0.717, 1.165) is 16.8 Å². The summed E-state index contributed by atoms with van der Waals surface area (Å²) in [6, 6.07) is 7.82. The average Bonchev–Trinajstić information content (AvgIpc) is 2.38.